The number of carbonyl (C=O) groups is 1. The molecule has 21 heavy (non-hydrogen) atoms. The molecule has 0 saturated carbocycles. The molecule has 1 amide bonds. The average Bonchev–Trinajstić information content (AvgIpc) is 3.05. The van der Waals surface area contributed by atoms with E-state index in [1.807, 2.05) is 18.7 Å². The van der Waals surface area contributed by atoms with Crippen LogP contribution < -0.4 is 0 Å². The van der Waals surface area contributed by atoms with Gasteiger partial charge in [-0.1, -0.05) is 11.6 Å². The topological polar surface area (TPSA) is 61.9 Å². The Kier molecular flexibility index (Phi) is 3.68. The van der Waals surface area contributed by atoms with Crippen LogP contribution in [0.3, 0.4) is 0 Å². The molecule has 1 aliphatic rings. The lowest BCUT2D eigenvalue weighted by molar-refractivity contribution is 0.0735. The van der Waals surface area contributed by atoms with Crippen molar-refractivity contribution in [2.45, 2.75) is 32.7 Å². The van der Waals surface area contributed by atoms with Crippen molar-refractivity contribution in [2.24, 2.45) is 0 Å². The van der Waals surface area contributed by atoms with Gasteiger partial charge in [0.15, 0.2) is 0 Å². The number of aryl methyl sites for hydroxylation is 2. The number of nitrogens with one attached hydrogen (secondary N) is 1. The fraction of sp³-hybridized carbons (Fsp3) is 0.400. The highest BCUT2D eigenvalue weighted by atomic mass is 35.5. The molecule has 0 spiro atoms. The van der Waals surface area contributed by atoms with E-state index in [1.54, 1.807) is 12.3 Å². The third-order valence-electron chi connectivity index (χ3n) is 4.03. The Morgan fingerprint density at radius 2 is 2.29 bits per heavy atom. The molecule has 1 aliphatic heterocycles. The van der Waals surface area contributed by atoms with Gasteiger partial charge < -0.3 is 4.90 Å². The number of hydrogen-bond donors (Lipinski definition) is 1. The predicted octanol–water partition coefficient (Wildman–Crippen LogP) is 3.05. The van der Waals surface area contributed by atoms with Gasteiger partial charge in [-0.3, -0.25) is 14.9 Å². The van der Waals surface area contributed by atoms with Crippen molar-refractivity contribution in [3.8, 4) is 0 Å². The van der Waals surface area contributed by atoms with Crippen LogP contribution in [-0.4, -0.2) is 32.5 Å². The molecule has 6 heteroatoms. The molecule has 1 atom stereocenters. The number of hydrogen-bond acceptors (Lipinski definition) is 3. The average molecular weight is 305 g/mol. The minimum atomic E-state index is -0.0371. The van der Waals surface area contributed by atoms with Crippen molar-refractivity contribution in [1.29, 1.82) is 0 Å². The Hall–Kier alpha value is -1.88. The van der Waals surface area contributed by atoms with Gasteiger partial charge in [-0.25, -0.2) is 0 Å². The van der Waals surface area contributed by atoms with E-state index in [9.17, 15) is 4.79 Å². The molecule has 2 aromatic rings. The van der Waals surface area contributed by atoms with Gasteiger partial charge in [0.2, 0.25) is 0 Å². The lowest BCUT2D eigenvalue weighted by Crippen LogP contribution is -2.31. The summed E-state index contributed by atoms with van der Waals surface area (Å²) in [6, 6.07) is 1.75. The molecule has 2 aromatic heterocycles. The number of rotatable bonds is 2. The molecule has 0 bridgehead atoms. The molecule has 3 heterocycles. The highest BCUT2D eigenvalue weighted by Crippen LogP contribution is 2.36. The Bertz CT molecular complexity index is 663. The van der Waals surface area contributed by atoms with Crippen LogP contribution >= 0.6 is 11.6 Å². The maximum atomic E-state index is 12.8. The molecule has 0 aromatic carbocycles. The molecular formula is C15H17ClN4O. The molecule has 110 valence electrons. The normalized spacial score (nSPS) is 18.2. The molecule has 0 radical (unpaired) electrons. The lowest BCUT2D eigenvalue weighted by atomic mass is 10.0. The number of aromatic amines is 1. The van der Waals surface area contributed by atoms with Gasteiger partial charge in [-0.05, 0) is 32.8 Å². The highest BCUT2D eigenvalue weighted by Gasteiger charge is 2.34. The molecule has 0 aliphatic carbocycles. The van der Waals surface area contributed by atoms with Gasteiger partial charge >= 0.3 is 0 Å². The van der Waals surface area contributed by atoms with Crippen LogP contribution in [-0.2, 0) is 0 Å². The first-order chi connectivity index (χ1) is 10.1. The first-order valence-electron chi connectivity index (χ1n) is 7.01. The van der Waals surface area contributed by atoms with Crippen molar-refractivity contribution in [1.82, 2.24) is 20.1 Å². The van der Waals surface area contributed by atoms with Crippen LogP contribution in [0.2, 0.25) is 5.02 Å². The molecule has 1 fully saturated rings. The van der Waals surface area contributed by atoms with Gasteiger partial charge in [0, 0.05) is 30.2 Å². The van der Waals surface area contributed by atoms with E-state index in [2.05, 4.69) is 15.2 Å². The first kappa shape index (κ1) is 14.1. The summed E-state index contributed by atoms with van der Waals surface area (Å²) in [5, 5.41) is 7.64. The van der Waals surface area contributed by atoms with Crippen molar-refractivity contribution in [2.75, 3.05) is 6.54 Å². The second-order valence-electron chi connectivity index (χ2n) is 5.36. The van der Waals surface area contributed by atoms with E-state index in [0.717, 1.165) is 36.3 Å². The largest absolute Gasteiger partial charge is 0.331 e. The van der Waals surface area contributed by atoms with Crippen molar-refractivity contribution >= 4 is 17.5 Å². The number of pyridine rings is 1. The summed E-state index contributed by atoms with van der Waals surface area (Å²) < 4.78 is 0. The molecule has 3 rings (SSSR count). The van der Waals surface area contributed by atoms with Gasteiger partial charge in [0.25, 0.3) is 5.91 Å². The summed E-state index contributed by atoms with van der Waals surface area (Å²) in [7, 11) is 0. The van der Waals surface area contributed by atoms with E-state index in [-0.39, 0.29) is 11.9 Å². The fourth-order valence-electron chi connectivity index (χ4n) is 3.06. The molecular weight excluding hydrogens is 288 g/mol. The number of carbonyl (C=O) groups excluding carboxylic acids is 1. The van der Waals surface area contributed by atoms with Crippen LogP contribution in [0.25, 0.3) is 0 Å². The van der Waals surface area contributed by atoms with E-state index in [0.29, 0.717) is 10.6 Å². The molecule has 1 N–H and O–H groups in total. The van der Waals surface area contributed by atoms with Gasteiger partial charge in [0.05, 0.1) is 22.3 Å². The number of halogens is 1. The Labute approximate surface area is 128 Å². The molecule has 1 unspecified atom stereocenters. The number of amides is 1. The second kappa shape index (κ2) is 5.48. The Morgan fingerprint density at radius 1 is 1.48 bits per heavy atom. The van der Waals surface area contributed by atoms with Crippen molar-refractivity contribution in [3.05, 3.63) is 46.0 Å². The predicted molar refractivity (Wildman–Crippen MR) is 80.3 cm³/mol. The summed E-state index contributed by atoms with van der Waals surface area (Å²) in [5.41, 5.74) is 3.62. The van der Waals surface area contributed by atoms with Crippen molar-refractivity contribution in [3.63, 3.8) is 0 Å². The van der Waals surface area contributed by atoms with Crippen LogP contribution in [0, 0.1) is 13.8 Å². The quantitative estimate of drug-likeness (QED) is 0.927. The maximum Gasteiger partial charge on any atom is 0.255 e. The SMILES string of the molecule is Cc1n[nH]c(C)c1C1CCCN1C(=O)c1ccncc1Cl. The molecule has 5 nitrogen and oxygen atoms in total. The zero-order valence-electron chi connectivity index (χ0n) is 12.1. The monoisotopic (exact) mass is 304 g/mol. The summed E-state index contributed by atoms with van der Waals surface area (Å²) in [6.07, 6.45) is 5.05. The smallest absolute Gasteiger partial charge is 0.255 e. The summed E-state index contributed by atoms with van der Waals surface area (Å²) in [6.45, 7) is 4.71. The van der Waals surface area contributed by atoms with Crippen LogP contribution in [0.1, 0.15) is 46.2 Å². The van der Waals surface area contributed by atoms with Crippen LogP contribution in [0.15, 0.2) is 18.5 Å². The fourth-order valence-corrected chi connectivity index (χ4v) is 3.26. The first-order valence-corrected chi connectivity index (χ1v) is 7.39. The summed E-state index contributed by atoms with van der Waals surface area (Å²) in [4.78, 5) is 18.6. The van der Waals surface area contributed by atoms with E-state index in [4.69, 9.17) is 11.6 Å². The van der Waals surface area contributed by atoms with E-state index >= 15 is 0 Å². The molecule has 1 saturated heterocycles. The van der Waals surface area contributed by atoms with Crippen LogP contribution in [0.4, 0.5) is 0 Å². The maximum absolute atomic E-state index is 12.8. The summed E-state index contributed by atoms with van der Waals surface area (Å²) >= 11 is 6.10. The minimum Gasteiger partial charge on any atom is -0.331 e. The number of H-pyrrole nitrogens is 1. The lowest BCUT2D eigenvalue weighted by Gasteiger charge is -2.25. The van der Waals surface area contributed by atoms with Crippen molar-refractivity contribution < 1.29 is 4.79 Å². The summed E-state index contributed by atoms with van der Waals surface area (Å²) in [5.74, 6) is -0.0371. The van der Waals surface area contributed by atoms with Gasteiger partial charge in [-0.2, -0.15) is 5.10 Å². The second-order valence-corrected chi connectivity index (χ2v) is 5.77. The number of nitrogens with zero attached hydrogens (tertiary/aromatic N) is 3. The zero-order chi connectivity index (χ0) is 15.0. The van der Waals surface area contributed by atoms with E-state index in [1.165, 1.54) is 6.20 Å². The Morgan fingerprint density at radius 3 is 2.95 bits per heavy atom. The third-order valence-corrected chi connectivity index (χ3v) is 4.34. The minimum absolute atomic E-state index is 0.0371. The Balaban J connectivity index is 1.95. The standard InChI is InChI=1S/C15H17ClN4O/c1-9-14(10(2)19-18-9)13-4-3-7-20(13)15(21)11-5-6-17-8-12(11)16/h5-6,8,13H,3-4,7H2,1-2H3,(H,18,19). The van der Waals surface area contributed by atoms with E-state index < -0.39 is 0 Å². The zero-order valence-corrected chi connectivity index (χ0v) is 12.8. The van der Waals surface area contributed by atoms with Gasteiger partial charge in [0.1, 0.15) is 0 Å². The van der Waals surface area contributed by atoms with Crippen LogP contribution in [0.5, 0.6) is 0 Å². The third kappa shape index (κ3) is 2.42. The highest BCUT2D eigenvalue weighted by molar-refractivity contribution is 6.33. The van der Waals surface area contributed by atoms with Gasteiger partial charge in [-0.15, -0.1) is 0 Å². The number of likely N-dealkylation sites (tertiary alicyclic amines) is 1. The number of aromatic nitrogens is 3.